The minimum Gasteiger partial charge on any atom is -0.433 e. The number of hydrogen-bond acceptors (Lipinski definition) is 5. The first-order valence-corrected chi connectivity index (χ1v) is 6.77. The Morgan fingerprint density at radius 2 is 2.11 bits per heavy atom. The molecule has 0 spiro atoms. The van der Waals surface area contributed by atoms with Crippen LogP contribution in [-0.2, 0) is 15.6 Å². The summed E-state index contributed by atoms with van der Waals surface area (Å²) in [6, 6.07) is 3.50. The van der Waals surface area contributed by atoms with Crippen LogP contribution in [-0.4, -0.2) is 15.0 Å². The van der Waals surface area contributed by atoms with Crippen molar-refractivity contribution in [2.75, 3.05) is 0 Å². The number of halogens is 3. The second-order valence-electron chi connectivity index (χ2n) is 3.09. The van der Waals surface area contributed by atoms with Crippen molar-refractivity contribution in [2.45, 2.75) is 18.1 Å². The second-order valence-corrected chi connectivity index (χ2v) is 5.62. The fourth-order valence-electron chi connectivity index (χ4n) is 1.25. The third-order valence-electron chi connectivity index (χ3n) is 1.99. The van der Waals surface area contributed by atoms with Crippen molar-refractivity contribution in [3.63, 3.8) is 0 Å². The lowest BCUT2D eigenvalue weighted by molar-refractivity contribution is -0.0517. The van der Waals surface area contributed by atoms with Crippen LogP contribution in [0.1, 0.15) is 11.1 Å². The number of ether oxygens (including phenoxy) is 1. The van der Waals surface area contributed by atoms with E-state index < -0.39 is 26.3 Å². The number of nitriles is 1. The van der Waals surface area contributed by atoms with Crippen molar-refractivity contribution < 1.29 is 21.9 Å². The van der Waals surface area contributed by atoms with E-state index in [0.717, 1.165) is 12.1 Å². The van der Waals surface area contributed by atoms with Gasteiger partial charge in [0, 0.05) is 17.2 Å². The predicted octanol–water partition coefficient (Wildman–Crippen LogP) is 1.55. The first-order valence-electron chi connectivity index (χ1n) is 4.46. The Bertz CT molecular complexity index is 599. The molecule has 0 atom stereocenters. The van der Waals surface area contributed by atoms with E-state index in [1.165, 1.54) is 0 Å². The molecular formula is C9H7ClF2N2O3S. The molecule has 0 amide bonds. The zero-order valence-electron chi connectivity index (χ0n) is 8.73. The van der Waals surface area contributed by atoms with Gasteiger partial charge in [0.25, 0.3) is 9.05 Å². The van der Waals surface area contributed by atoms with Crippen molar-refractivity contribution in [3.8, 4) is 11.8 Å². The highest BCUT2D eigenvalue weighted by molar-refractivity contribution is 8.13. The fourth-order valence-corrected chi connectivity index (χ4v) is 2.22. The van der Waals surface area contributed by atoms with Crippen LogP contribution in [0.3, 0.4) is 0 Å². The molecule has 98 valence electrons. The van der Waals surface area contributed by atoms with Gasteiger partial charge in [-0.25, -0.2) is 8.42 Å². The van der Waals surface area contributed by atoms with E-state index in [4.69, 9.17) is 21.7 Å². The van der Waals surface area contributed by atoms with Gasteiger partial charge in [0.1, 0.15) is 10.6 Å². The number of rotatable bonds is 4. The average molecular weight is 297 g/mol. The molecule has 0 aliphatic rings. The Morgan fingerprint density at radius 3 is 2.50 bits per heavy atom. The lowest BCUT2D eigenvalue weighted by atomic mass is 10.1. The van der Waals surface area contributed by atoms with Gasteiger partial charge < -0.3 is 10.5 Å². The molecule has 0 saturated carbocycles. The SMILES string of the molecule is N#Cc1cc(S(=O)(=O)Cl)c(OC(F)F)cc1CN. The summed E-state index contributed by atoms with van der Waals surface area (Å²) in [5.41, 5.74) is 5.42. The van der Waals surface area contributed by atoms with Crippen LogP contribution in [0.4, 0.5) is 8.78 Å². The van der Waals surface area contributed by atoms with Crippen LogP contribution in [0.25, 0.3) is 0 Å². The Labute approximate surface area is 106 Å². The van der Waals surface area contributed by atoms with Crippen LogP contribution in [0, 0.1) is 11.3 Å². The molecule has 0 aliphatic carbocycles. The Hall–Kier alpha value is -1.43. The van der Waals surface area contributed by atoms with Gasteiger partial charge >= 0.3 is 6.61 Å². The van der Waals surface area contributed by atoms with Gasteiger partial charge in [-0.2, -0.15) is 14.0 Å². The maximum atomic E-state index is 12.2. The van der Waals surface area contributed by atoms with E-state index in [-0.39, 0.29) is 17.7 Å². The standard InChI is InChI=1S/C9H7ClF2N2O3S/c10-18(15,16)8-2-6(4-14)5(3-13)1-7(8)17-9(11)12/h1-2,9H,3,13H2. The summed E-state index contributed by atoms with van der Waals surface area (Å²) in [7, 11) is 0.764. The average Bonchev–Trinajstić information content (AvgIpc) is 2.26. The lowest BCUT2D eigenvalue weighted by Gasteiger charge is -2.11. The Kier molecular flexibility index (Phi) is 4.45. The molecule has 2 N–H and O–H groups in total. The quantitative estimate of drug-likeness (QED) is 0.851. The summed E-state index contributed by atoms with van der Waals surface area (Å²) in [6.07, 6.45) is 0. The zero-order chi connectivity index (χ0) is 13.9. The van der Waals surface area contributed by atoms with E-state index in [0.29, 0.717) is 0 Å². The number of nitrogens with zero attached hydrogens (tertiary/aromatic N) is 1. The molecule has 0 heterocycles. The fraction of sp³-hybridized carbons (Fsp3) is 0.222. The topological polar surface area (TPSA) is 93.2 Å². The van der Waals surface area contributed by atoms with Gasteiger partial charge in [-0.15, -0.1) is 0 Å². The van der Waals surface area contributed by atoms with Gasteiger partial charge in [0.15, 0.2) is 0 Å². The first kappa shape index (κ1) is 14.6. The number of benzene rings is 1. The highest BCUT2D eigenvalue weighted by Crippen LogP contribution is 2.31. The van der Waals surface area contributed by atoms with Crippen molar-refractivity contribution >= 4 is 19.7 Å². The molecular weight excluding hydrogens is 290 g/mol. The van der Waals surface area contributed by atoms with Crippen LogP contribution in [0.2, 0.25) is 0 Å². The second kappa shape index (κ2) is 5.48. The highest BCUT2D eigenvalue weighted by atomic mass is 35.7. The maximum absolute atomic E-state index is 12.2. The minimum absolute atomic E-state index is 0.0710. The van der Waals surface area contributed by atoms with Gasteiger partial charge in [-0.05, 0) is 17.7 Å². The van der Waals surface area contributed by atoms with E-state index in [1.54, 1.807) is 6.07 Å². The van der Waals surface area contributed by atoms with E-state index >= 15 is 0 Å². The molecule has 0 aliphatic heterocycles. The molecule has 18 heavy (non-hydrogen) atoms. The van der Waals surface area contributed by atoms with E-state index in [9.17, 15) is 17.2 Å². The summed E-state index contributed by atoms with van der Waals surface area (Å²) in [4.78, 5) is -0.696. The van der Waals surface area contributed by atoms with Crippen molar-refractivity contribution in [1.29, 1.82) is 5.26 Å². The van der Waals surface area contributed by atoms with Gasteiger partial charge in [-0.3, -0.25) is 0 Å². The molecule has 5 nitrogen and oxygen atoms in total. The van der Waals surface area contributed by atoms with Crippen LogP contribution < -0.4 is 10.5 Å². The van der Waals surface area contributed by atoms with Gasteiger partial charge in [0.2, 0.25) is 0 Å². The third-order valence-corrected chi connectivity index (χ3v) is 3.33. The van der Waals surface area contributed by atoms with Gasteiger partial charge in [-0.1, -0.05) is 0 Å². The van der Waals surface area contributed by atoms with Crippen LogP contribution in [0.15, 0.2) is 17.0 Å². The Morgan fingerprint density at radius 1 is 1.50 bits per heavy atom. The van der Waals surface area contributed by atoms with Crippen molar-refractivity contribution in [3.05, 3.63) is 23.3 Å². The number of nitrogens with two attached hydrogens (primary N) is 1. The molecule has 0 unspecified atom stereocenters. The summed E-state index contributed by atoms with van der Waals surface area (Å²) in [5, 5.41) is 8.78. The summed E-state index contributed by atoms with van der Waals surface area (Å²) in [6.45, 7) is -3.36. The summed E-state index contributed by atoms with van der Waals surface area (Å²) >= 11 is 0. The lowest BCUT2D eigenvalue weighted by Crippen LogP contribution is -2.09. The predicted molar refractivity (Wildman–Crippen MR) is 58.7 cm³/mol. The maximum Gasteiger partial charge on any atom is 0.387 e. The largest absolute Gasteiger partial charge is 0.433 e. The van der Waals surface area contributed by atoms with Crippen molar-refractivity contribution in [1.82, 2.24) is 0 Å². The number of alkyl halides is 2. The molecule has 0 radical (unpaired) electrons. The van der Waals surface area contributed by atoms with Crippen molar-refractivity contribution in [2.24, 2.45) is 5.73 Å². The molecule has 0 fully saturated rings. The third kappa shape index (κ3) is 3.29. The van der Waals surface area contributed by atoms with Gasteiger partial charge in [0.05, 0.1) is 11.6 Å². The smallest absolute Gasteiger partial charge is 0.387 e. The highest BCUT2D eigenvalue weighted by Gasteiger charge is 2.22. The summed E-state index contributed by atoms with van der Waals surface area (Å²) < 4.78 is 50.8. The molecule has 1 rings (SSSR count). The molecule has 0 bridgehead atoms. The molecule has 0 aromatic heterocycles. The van der Waals surface area contributed by atoms with E-state index in [1.807, 2.05) is 0 Å². The Balaban J connectivity index is 3.52. The normalized spacial score (nSPS) is 11.3. The zero-order valence-corrected chi connectivity index (χ0v) is 10.3. The molecule has 1 aromatic rings. The molecule has 0 saturated heterocycles. The molecule has 9 heteroatoms. The molecule has 1 aromatic carbocycles. The monoisotopic (exact) mass is 296 g/mol. The first-order chi connectivity index (χ1) is 8.29. The number of hydrogen-bond donors (Lipinski definition) is 1. The van der Waals surface area contributed by atoms with E-state index in [2.05, 4.69) is 4.74 Å². The summed E-state index contributed by atoms with van der Waals surface area (Å²) in [5.74, 6) is -0.639. The van der Waals surface area contributed by atoms with Crippen LogP contribution in [0.5, 0.6) is 5.75 Å². The van der Waals surface area contributed by atoms with Crippen LogP contribution >= 0.6 is 10.7 Å². The minimum atomic E-state index is -4.31.